The highest BCUT2D eigenvalue weighted by Gasteiger charge is 2.05. The van der Waals surface area contributed by atoms with Gasteiger partial charge >= 0.3 is 5.97 Å². The zero-order valence-electron chi connectivity index (χ0n) is 8.04. The summed E-state index contributed by atoms with van der Waals surface area (Å²) in [5, 5.41) is 0. The molecule has 0 heterocycles. The number of hydrogen-bond donors (Lipinski definition) is 0. The largest absolute Gasteiger partial charge is 0.496 e. The van der Waals surface area contributed by atoms with Gasteiger partial charge in [-0.1, -0.05) is 6.07 Å². The van der Waals surface area contributed by atoms with Crippen molar-refractivity contribution in [1.82, 2.24) is 0 Å². The van der Waals surface area contributed by atoms with Crippen molar-refractivity contribution in [2.45, 2.75) is 6.42 Å². The van der Waals surface area contributed by atoms with E-state index in [4.69, 9.17) is 4.74 Å². The van der Waals surface area contributed by atoms with Crippen LogP contribution >= 0.6 is 22.6 Å². The van der Waals surface area contributed by atoms with Gasteiger partial charge in [-0.2, -0.15) is 0 Å². The van der Waals surface area contributed by atoms with Crippen LogP contribution in [-0.2, 0) is 16.0 Å². The number of ether oxygens (including phenoxy) is 2. The van der Waals surface area contributed by atoms with Crippen molar-refractivity contribution in [2.75, 3.05) is 14.2 Å². The van der Waals surface area contributed by atoms with Gasteiger partial charge in [0.15, 0.2) is 0 Å². The molecule has 0 aliphatic carbocycles. The predicted octanol–water partition coefficient (Wildman–Crippen LogP) is 2.02. The first-order valence-electron chi connectivity index (χ1n) is 4.06. The number of hydrogen-bond acceptors (Lipinski definition) is 3. The van der Waals surface area contributed by atoms with Gasteiger partial charge in [-0.15, -0.1) is 0 Å². The van der Waals surface area contributed by atoms with Gasteiger partial charge in [0.05, 0.1) is 24.2 Å². The lowest BCUT2D eigenvalue weighted by Crippen LogP contribution is -2.04. The molecule has 4 heteroatoms. The minimum atomic E-state index is -0.231. The van der Waals surface area contributed by atoms with Crippen LogP contribution in [0.15, 0.2) is 18.2 Å². The molecule has 3 nitrogen and oxygen atoms in total. The summed E-state index contributed by atoms with van der Waals surface area (Å²) in [6.45, 7) is 0. The first-order chi connectivity index (χ1) is 6.67. The third kappa shape index (κ3) is 2.87. The predicted molar refractivity (Wildman–Crippen MR) is 61.4 cm³/mol. The molecule has 76 valence electrons. The highest BCUT2D eigenvalue weighted by molar-refractivity contribution is 14.1. The lowest BCUT2D eigenvalue weighted by atomic mass is 10.1. The fourth-order valence-electron chi connectivity index (χ4n) is 1.06. The summed E-state index contributed by atoms with van der Waals surface area (Å²) in [7, 11) is 3.01. The van der Waals surface area contributed by atoms with Gasteiger partial charge in [0, 0.05) is 0 Å². The molecule has 0 aliphatic rings. The van der Waals surface area contributed by atoms with E-state index in [0.717, 1.165) is 14.9 Å². The average Bonchev–Trinajstić information content (AvgIpc) is 2.18. The van der Waals surface area contributed by atoms with Gasteiger partial charge in [0.2, 0.25) is 0 Å². The van der Waals surface area contributed by atoms with Crippen molar-refractivity contribution >= 4 is 28.6 Å². The number of carbonyl (C=O) groups is 1. The van der Waals surface area contributed by atoms with E-state index in [1.54, 1.807) is 7.11 Å². The lowest BCUT2D eigenvalue weighted by Gasteiger charge is -2.05. The Morgan fingerprint density at radius 3 is 2.64 bits per heavy atom. The molecule has 0 N–H and O–H groups in total. The Bertz CT molecular complexity index is 336. The van der Waals surface area contributed by atoms with Crippen LogP contribution in [0.1, 0.15) is 5.56 Å². The van der Waals surface area contributed by atoms with Crippen LogP contribution in [0.2, 0.25) is 0 Å². The lowest BCUT2D eigenvalue weighted by molar-refractivity contribution is -0.139. The van der Waals surface area contributed by atoms with Crippen LogP contribution in [-0.4, -0.2) is 20.2 Å². The Morgan fingerprint density at radius 2 is 2.14 bits per heavy atom. The minimum absolute atomic E-state index is 0.231. The van der Waals surface area contributed by atoms with Crippen molar-refractivity contribution in [3.63, 3.8) is 0 Å². The average molecular weight is 306 g/mol. The van der Waals surface area contributed by atoms with Gasteiger partial charge in [-0.25, -0.2) is 0 Å². The molecular weight excluding hydrogens is 295 g/mol. The number of methoxy groups -OCH3 is 2. The molecule has 0 spiro atoms. The van der Waals surface area contributed by atoms with Crippen LogP contribution in [0.4, 0.5) is 0 Å². The summed E-state index contributed by atoms with van der Waals surface area (Å²) in [4.78, 5) is 11.0. The molecule has 0 radical (unpaired) electrons. The summed E-state index contributed by atoms with van der Waals surface area (Å²) < 4.78 is 10.7. The normalized spacial score (nSPS) is 9.64. The number of halogens is 1. The molecule has 1 aromatic rings. The molecule has 0 bridgehead atoms. The van der Waals surface area contributed by atoms with Crippen molar-refractivity contribution in [3.05, 3.63) is 27.3 Å². The zero-order chi connectivity index (χ0) is 10.6. The van der Waals surface area contributed by atoms with E-state index in [-0.39, 0.29) is 5.97 Å². The SMILES string of the molecule is COC(=O)Cc1ccc(OC)c(I)c1. The minimum Gasteiger partial charge on any atom is -0.496 e. The van der Waals surface area contributed by atoms with E-state index in [2.05, 4.69) is 27.3 Å². The van der Waals surface area contributed by atoms with Gasteiger partial charge in [-0.05, 0) is 40.3 Å². The van der Waals surface area contributed by atoms with E-state index in [9.17, 15) is 4.79 Å². The number of benzene rings is 1. The molecule has 14 heavy (non-hydrogen) atoms. The Kier molecular flexibility index (Phi) is 4.19. The molecule has 0 saturated carbocycles. The first kappa shape index (κ1) is 11.3. The molecule has 0 unspecified atom stereocenters. The second-order valence-corrected chi connectivity index (χ2v) is 3.88. The van der Waals surface area contributed by atoms with E-state index >= 15 is 0 Å². The maximum atomic E-state index is 11.0. The monoisotopic (exact) mass is 306 g/mol. The quantitative estimate of drug-likeness (QED) is 0.633. The Hall–Kier alpha value is -0.780. The molecule has 0 atom stereocenters. The van der Waals surface area contributed by atoms with Crippen LogP contribution in [0.3, 0.4) is 0 Å². The molecular formula is C10H11IO3. The van der Waals surface area contributed by atoms with Crippen LogP contribution in [0.25, 0.3) is 0 Å². The summed E-state index contributed by atoms with van der Waals surface area (Å²) >= 11 is 2.17. The maximum absolute atomic E-state index is 11.0. The standard InChI is InChI=1S/C10H11IO3/c1-13-9-4-3-7(5-8(9)11)6-10(12)14-2/h3-5H,6H2,1-2H3. The number of esters is 1. The smallest absolute Gasteiger partial charge is 0.309 e. The number of rotatable bonds is 3. The Morgan fingerprint density at radius 1 is 1.43 bits per heavy atom. The summed E-state index contributed by atoms with van der Waals surface area (Å²) in [6.07, 6.45) is 0.302. The molecule has 0 aromatic heterocycles. The molecule has 0 amide bonds. The van der Waals surface area contributed by atoms with E-state index in [0.29, 0.717) is 6.42 Å². The van der Waals surface area contributed by atoms with Gasteiger partial charge in [0.1, 0.15) is 5.75 Å². The molecule has 1 aromatic carbocycles. The van der Waals surface area contributed by atoms with Crippen molar-refractivity contribution in [2.24, 2.45) is 0 Å². The van der Waals surface area contributed by atoms with Crippen LogP contribution < -0.4 is 4.74 Å². The topological polar surface area (TPSA) is 35.5 Å². The van der Waals surface area contributed by atoms with Crippen molar-refractivity contribution in [1.29, 1.82) is 0 Å². The fraction of sp³-hybridized carbons (Fsp3) is 0.300. The second-order valence-electron chi connectivity index (χ2n) is 2.72. The highest BCUT2D eigenvalue weighted by Crippen LogP contribution is 2.21. The van der Waals surface area contributed by atoms with Crippen LogP contribution in [0, 0.1) is 3.57 Å². The summed E-state index contributed by atoms with van der Waals surface area (Å²) in [5.41, 5.74) is 0.932. The maximum Gasteiger partial charge on any atom is 0.309 e. The van der Waals surface area contributed by atoms with Gasteiger partial charge < -0.3 is 9.47 Å². The molecule has 0 aliphatic heterocycles. The third-order valence-corrected chi connectivity index (χ3v) is 2.64. The molecule has 0 fully saturated rings. The third-order valence-electron chi connectivity index (χ3n) is 1.79. The van der Waals surface area contributed by atoms with E-state index in [1.807, 2.05) is 18.2 Å². The van der Waals surface area contributed by atoms with E-state index in [1.165, 1.54) is 7.11 Å². The van der Waals surface area contributed by atoms with Crippen molar-refractivity contribution < 1.29 is 14.3 Å². The second kappa shape index (κ2) is 5.19. The molecule has 1 rings (SSSR count). The number of carbonyl (C=O) groups excluding carboxylic acids is 1. The van der Waals surface area contributed by atoms with Gasteiger partial charge in [0.25, 0.3) is 0 Å². The zero-order valence-corrected chi connectivity index (χ0v) is 10.2. The summed E-state index contributed by atoms with van der Waals surface area (Å²) in [5.74, 6) is 0.588. The molecule has 0 saturated heterocycles. The fourth-order valence-corrected chi connectivity index (χ4v) is 1.86. The Labute approximate surface area is 96.5 Å². The highest BCUT2D eigenvalue weighted by atomic mass is 127. The first-order valence-corrected chi connectivity index (χ1v) is 5.14. The Balaban J connectivity index is 2.81. The van der Waals surface area contributed by atoms with Gasteiger partial charge in [-0.3, -0.25) is 4.79 Å². The van der Waals surface area contributed by atoms with E-state index < -0.39 is 0 Å². The van der Waals surface area contributed by atoms with Crippen LogP contribution in [0.5, 0.6) is 5.75 Å². The summed E-state index contributed by atoms with van der Waals surface area (Å²) in [6, 6.07) is 5.62. The van der Waals surface area contributed by atoms with Crippen molar-refractivity contribution in [3.8, 4) is 5.75 Å².